The highest BCUT2D eigenvalue weighted by molar-refractivity contribution is 9.11. The van der Waals surface area contributed by atoms with Crippen molar-refractivity contribution in [2.24, 2.45) is 0 Å². The van der Waals surface area contributed by atoms with Crippen LogP contribution in [0.4, 0.5) is 5.69 Å². The topological polar surface area (TPSA) is 70.2 Å². The van der Waals surface area contributed by atoms with Crippen molar-refractivity contribution in [3.05, 3.63) is 63.2 Å². The third kappa shape index (κ3) is 5.75. The molecule has 0 spiro atoms. The van der Waals surface area contributed by atoms with Gasteiger partial charge in [0, 0.05) is 32.8 Å². The van der Waals surface area contributed by atoms with Crippen LogP contribution in [0.2, 0.25) is 0 Å². The van der Waals surface area contributed by atoms with E-state index in [2.05, 4.69) is 52.3 Å². The van der Waals surface area contributed by atoms with Crippen molar-refractivity contribution in [3.8, 4) is 17.0 Å². The summed E-state index contributed by atoms with van der Waals surface area (Å²) in [6.07, 6.45) is 5.57. The molecule has 1 amide bonds. The maximum absolute atomic E-state index is 12.9. The zero-order valence-electron chi connectivity index (χ0n) is 17.0. The Bertz CT molecular complexity index is 1020. The monoisotopic (exact) mass is 546 g/mol. The van der Waals surface area contributed by atoms with Crippen LogP contribution >= 0.6 is 31.9 Å². The fourth-order valence-corrected chi connectivity index (χ4v) is 5.15. The number of aromatic amines is 1. The molecule has 1 aliphatic rings. The van der Waals surface area contributed by atoms with Gasteiger partial charge < -0.3 is 10.1 Å². The molecule has 2 heterocycles. The Kier molecular flexibility index (Phi) is 7.42. The number of ether oxygens (including phenoxy) is 1. The van der Waals surface area contributed by atoms with Gasteiger partial charge in [-0.05, 0) is 84.3 Å². The molecule has 3 aromatic rings. The first-order valence-corrected chi connectivity index (χ1v) is 11.9. The second-order valence-corrected chi connectivity index (χ2v) is 9.28. The minimum absolute atomic E-state index is 0.189. The molecule has 1 saturated heterocycles. The maximum Gasteiger partial charge on any atom is 0.255 e. The van der Waals surface area contributed by atoms with Crippen LogP contribution in [0, 0.1) is 0 Å². The van der Waals surface area contributed by atoms with Gasteiger partial charge in [0.2, 0.25) is 0 Å². The van der Waals surface area contributed by atoms with Gasteiger partial charge in [-0.15, -0.1) is 0 Å². The number of halogens is 2. The van der Waals surface area contributed by atoms with Gasteiger partial charge in [-0.3, -0.25) is 14.8 Å². The quantitative estimate of drug-likeness (QED) is 0.397. The van der Waals surface area contributed by atoms with Crippen LogP contribution in [0.5, 0.6) is 5.75 Å². The van der Waals surface area contributed by atoms with Crippen molar-refractivity contribution in [3.63, 3.8) is 0 Å². The molecule has 0 radical (unpaired) electrons. The van der Waals surface area contributed by atoms with Crippen LogP contribution in [-0.4, -0.2) is 47.2 Å². The summed E-state index contributed by atoms with van der Waals surface area (Å²) in [5.41, 5.74) is 2.89. The average molecular weight is 548 g/mol. The van der Waals surface area contributed by atoms with Gasteiger partial charge in [-0.1, -0.05) is 22.4 Å². The molecule has 162 valence electrons. The fraction of sp³-hybridized carbons (Fsp3) is 0.304. The van der Waals surface area contributed by atoms with Gasteiger partial charge in [0.15, 0.2) is 0 Å². The molecule has 8 heteroatoms. The first-order chi connectivity index (χ1) is 15.1. The summed E-state index contributed by atoms with van der Waals surface area (Å²) in [5, 5.41) is 9.98. The van der Waals surface area contributed by atoms with Gasteiger partial charge in [-0.2, -0.15) is 5.10 Å². The van der Waals surface area contributed by atoms with Crippen LogP contribution in [0.25, 0.3) is 11.3 Å². The Morgan fingerprint density at radius 2 is 1.87 bits per heavy atom. The number of amides is 1. The molecule has 2 aromatic carbocycles. The molecule has 0 unspecified atom stereocenters. The number of carbonyl (C=O) groups excluding carboxylic acids is 1. The first kappa shape index (κ1) is 22.0. The number of rotatable bonds is 7. The molecule has 2 N–H and O–H groups in total. The minimum Gasteiger partial charge on any atom is -0.492 e. The second kappa shape index (κ2) is 10.4. The first-order valence-electron chi connectivity index (χ1n) is 10.4. The minimum atomic E-state index is -0.189. The highest BCUT2D eigenvalue weighted by atomic mass is 79.9. The van der Waals surface area contributed by atoms with E-state index in [-0.39, 0.29) is 5.91 Å². The van der Waals surface area contributed by atoms with E-state index in [1.165, 1.54) is 19.3 Å². The van der Waals surface area contributed by atoms with E-state index in [9.17, 15) is 4.79 Å². The number of anilines is 1. The lowest BCUT2D eigenvalue weighted by Gasteiger charge is -2.26. The lowest BCUT2D eigenvalue weighted by Crippen LogP contribution is -2.33. The predicted octanol–water partition coefficient (Wildman–Crippen LogP) is 5.72. The van der Waals surface area contributed by atoms with E-state index in [0.717, 1.165) is 45.6 Å². The maximum atomic E-state index is 12.9. The van der Waals surface area contributed by atoms with Crippen molar-refractivity contribution in [1.29, 1.82) is 0 Å². The Balaban J connectivity index is 1.40. The zero-order valence-corrected chi connectivity index (χ0v) is 20.2. The third-order valence-electron chi connectivity index (χ3n) is 5.31. The van der Waals surface area contributed by atoms with Crippen molar-refractivity contribution >= 4 is 43.5 Å². The third-order valence-corrected chi connectivity index (χ3v) is 6.40. The summed E-state index contributed by atoms with van der Waals surface area (Å²) in [6.45, 7) is 3.92. The highest BCUT2D eigenvalue weighted by Gasteiger charge is 2.16. The molecule has 1 aromatic heterocycles. The molecular weight excluding hydrogens is 524 g/mol. The molecule has 0 bridgehead atoms. The second-order valence-electron chi connectivity index (χ2n) is 7.51. The smallest absolute Gasteiger partial charge is 0.255 e. The average Bonchev–Trinajstić information content (AvgIpc) is 3.29. The van der Waals surface area contributed by atoms with Gasteiger partial charge in [0.05, 0.1) is 11.4 Å². The van der Waals surface area contributed by atoms with Crippen LogP contribution in [0.3, 0.4) is 0 Å². The van der Waals surface area contributed by atoms with E-state index in [0.29, 0.717) is 17.9 Å². The Morgan fingerprint density at radius 1 is 1.10 bits per heavy atom. The molecule has 0 atom stereocenters. The van der Waals surface area contributed by atoms with E-state index in [1.807, 2.05) is 30.3 Å². The molecule has 4 rings (SSSR count). The fourth-order valence-electron chi connectivity index (χ4n) is 3.71. The van der Waals surface area contributed by atoms with Crippen molar-refractivity contribution in [2.75, 3.05) is 31.6 Å². The van der Waals surface area contributed by atoms with E-state index >= 15 is 0 Å². The summed E-state index contributed by atoms with van der Waals surface area (Å²) < 4.78 is 7.57. The number of aromatic nitrogens is 2. The molecule has 1 fully saturated rings. The molecule has 6 nitrogen and oxygen atoms in total. The van der Waals surface area contributed by atoms with Crippen LogP contribution in [0.1, 0.15) is 29.6 Å². The zero-order chi connectivity index (χ0) is 21.6. The number of nitrogens with zero attached hydrogens (tertiary/aromatic N) is 2. The highest BCUT2D eigenvalue weighted by Crippen LogP contribution is 2.37. The molecular formula is C23H24Br2N4O2. The number of piperidine rings is 1. The summed E-state index contributed by atoms with van der Waals surface area (Å²) in [7, 11) is 0. The summed E-state index contributed by atoms with van der Waals surface area (Å²) in [6, 6.07) is 12.9. The van der Waals surface area contributed by atoms with Crippen LogP contribution in [-0.2, 0) is 0 Å². The van der Waals surface area contributed by atoms with E-state index in [1.54, 1.807) is 18.3 Å². The van der Waals surface area contributed by atoms with E-state index in [4.69, 9.17) is 4.74 Å². The number of carbonyl (C=O) groups is 1. The molecule has 0 saturated carbocycles. The predicted molar refractivity (Wildman–Crippen MR) is 130 cm³/mol. The van der Waals surface area contributed by atoms with Gasteiger partial charge in [0.1, 0.15) is 12.4 Å². The van der Waals surface area contributed by atoms with Crippen LogP contribution < -0.4 is 10.1 Å². The number of nitrogens with one attached hydrogen (secondary N) is 2. The summed E-state index contributed by atoms with van der Waals surface area (Å²) >= 11 is 7.07. The summed E-state index contributed by atoms with van der Waals surface area (Å²) in [5.74, 6) is 0.586. The SMILES string of the molecule is O=C(Nc1cc(Br)cc(Br)c1-c1ccn[nH]1)c1ccc(OCCN2CCCCC2)cc1. The van der Waals surface area contributed by atoms with E-state index < -0.39 is 0 Å². The van der Waals surface area contributed by atoms with Gasteiger partial charge in [-0.25, -0.2) is 0 Å². The van der Waals surface area contributed by atoms with Crippen LogP contribution in [0.15, 0.2) is 57.6 Å². The molecule has 31 heavy (non-hydrogen) atoms. The Labute approximate surface area is 198 Å². The number of H-pyrrole nitrogens is 1. The summed E-state index contributed by atoms with van der Waals surface area (Å²) in [4.78, 5) is 15.3. The van der Waals surface area contributed by atoms with Gasteiger partial charge in [0.25, 0.3) is 5.91 Å². The Morgan fingerprint density at radius 3 is 2.58 bits per heavy atom. The largest absolute Gasteiger partial charge is 0.492 e. The molecule has 1 aliphatic heterocycles. The standard InChI is InChI=1S/C23H24Br2N4O2/c24-17-14-19(25)22(20-8-9-26-28-20)21(15-17)27-23(30)16-4-6-18(7-5-16)31-13-12-29-10-2-1-3-11-29/h4-9,14-15H,1-3,10-13H2,(H,26,28)(H,27,30). The van der Waals surface area contributed by atoms with Gasteiger partial charge >= 0.3 is 0 Å². The normalized spacial score (nSPS) is 14.4. The van der Waals surface area contributed by atoms with Crippen molar-refractivity contribution in [1.82, 2.24) is 15.1 Å². The van der Waals surface area contributed by atoms with Crippen molar-refractivity contribution in [2.45, 2.75) is 19.3 Å². The Hall–Kier alpha value is -2.16. The number of benzene rings is 2. The number of hydrogen-bond donors (Lipinski definition) is 2. The molecule has 0 aliphatic carbocycles. The van der Waals surface area contributed by atoms with Crippen molar-refractivity contribution < 1.29 is 9.53 Å². The lowest BCUT2D eigenvalue weighted by molar-refractivity contribution is 0.102. The number of likely N-dealkylation sites (tertiary alicyclic amines) is 1. The lowest BCUT2D eigenvalue weighted by atomic mass is 10.1. The number of hydrogen-bond acceptors (Lipinski definition) is 4.